The summed E-state index contributed by atoms with van der Waals surface area (Å²) in [6, 6.07) is 13.3. The Bertz CT molecular complexity index is 2270. The number of halogens is 5. The smallest absolute Gasteiger partial charge is 0.410 e. The number of carbonyl (C=O) groups is 5. The molecular weight excluding hydrogens is 896 g/mol. The van der Waals surface area contributed by atoms with Gasteiger partial charge in [0.25, 0.3) is 0 Å². The molecule has 1 N–H and O–H groups in total. The highest BCUT2D eigenvalue weighted by Crippen LogP contribution is 2.44. The van der Waals surface area contributed by atoms with Gasteiger partial charge in [-0.05, 0) is 67.7 Å². The second-order valence-electron chi connectivity index (χ2n) is 18.5. The molecular formula is C50H63F5N4O9. The van der Waals surface area contributed by atoms with Gasteiger partial charge in [0.15, 0.2) is 0 Å². The summed E-state index contributed by atoms with van der Waals surface area (Å²) >= 11 is 0. The van der Waals surface area contributed by atoms with Crippen molar-refractivity contribution in [3.05, 3.63) is 88.7 Å². The Balaban J connectivity index is 1.26. The molecule has 7 atom stereocenters. The molecule has 1 aliphatic heterocycles. The van der Waals surface area contributed by atoms with Crippen molar-refractivity contribution in [3.63, 3.8) is 0 Å². The van der Waals surface area contributed by atoms with E-state index in [0.717, 1.165) is 22.3 Å². The van der Waals surface area contributed by atoms with E-state index in [1.54, 1.807) is 34.7 Å². The summed E-state index contributed by atoms with van der Waals surface area (Å²) < 4.78 is 92.3. The first-order chi connectivity index (χ1) is 32.0. The zero-order chi connectivity index (χ0) is 50.5. The van der Waals surface area contributed by atoms with E-state index in [-0.39, 0.29) is 31.4 Å². The van der Waals surface area contributed by atoms with Crippen molar-refractivity contribution in [3.8, 4) is 16.9 Å². The van der Waals surface area contributed by atoms with Crippen molar-refractivity contribution in [1.82, 2.24) is 20.0 Å². The van der Waals surface area contributed by atoms with Crippen LogP contribution in [-0.4, -0.2) is 122 Å². The van der Waals surface area contributed by atoms with E-state index in [2.05, 4.69) is 5.32 Å². The van der Waals surface area contributed by atoms with Gasteiger partial charge in [-0.1, -0.05) is 82.6 Å². The average molecular weight is 959 g/mol. The number of hydrogen-bond donors (Lipinski definition) is 1. The van der Waals surface area contributed by atoms with Gasteiger partial charge in [-0.25, -0.2) is 18.0 Å². The molecule has 372 valence electrons. The van der Waals surface area contributed by atoms with Gasteiger partial charge in [0, 0.05) is 40.8 Å². The first kappa shape index (κ1) is 53.3. The minimum Gasteiger partial charge on any atom is -0.448 e. The zero-order valence-corrected chi connectivity index (χ0v) is 40.5. The highest BCUT2D eigenvalue weighted by atomic mass is 19.2. The monoisotopic (exact) mass is 958 g/mol. The maximum Gasteiger partial charge on any atom is 0.410 e. The minimum absolute atomic E-state index is 0.0437. The first-order valence-electron chi connectivity index (χ1n) is 22.8. The molecule has 0 aromatic heterocycles. The highest BCUT2D eigenvalue weighted by Gasteiger charge is 2.45. The third-order valence-corrected chi connectivity index (χ3v) is 13.8. The average Bonchev–Trinajstić information content (AvgIpc) is 3.94. The Morgan fingerprint density at radius 1 is 0.824 bits per heavy atom. The summed E-state index contributed by atoms with van der Waals surface area (Å²) in [6.07, 6.45) is -1.61. The maximum atomic E-state index is 14.6. The lowest BCUT2D eigenvalue weighted by atomic mass is 9.89. The molecule has 3 unspecified atom stereocenters. The molecule has 1 heterocycles. The summed E-state index contributed by atoms with van der Waals surface area (Å²) in [7, 11) is 5.69. The van der Waals surface area contributed by atoms with Crippen LogP contribution in [-0.2, 0) is 33.4 Å². The molecule has 0 saturated carbocycles. The van der Waals surface area contributed by atoms with Crippen LogP contribution in [0, 0.1) is 46.8 Å². The van der Waals surface area contributed by atoms with Crippen molar-refractivity contribution in [2.24, 2.45) is 17.8 Å². The number of fused-ring (bicyclic) bond motifs is 3. The van der Waals surface area contributed by atoms with Crippen molar-refractivity contribution in [2.45, 2.75) is 116 Å². The fourth-order valence-corrected chi connectivity index (χ4v) is 9.28. The molecule has 0 radical (unpaired) electrons. The number of nitrogens with zero attached hydrogens (tertiary/aromatic N) is 3. The fourth-order valence-electron chi connectivity index (χ4n) is 9.28. The van der Waals surface area contributed by atoms with Crippen LogP contribution in [0.5, 0.6) is 5.75 Å². The van der Waals surface area contributed by atoms with Gasteiger partial charge in [-0.2, -0.15) is 8.78 Å². The number of esters is 1. The number of nitrogens with one attached hydrogen (secondary N) is 1. The number of rotatable bonds is 19. The van der Waals surface area contributed by atoms with E-state index in [1.807, 2.05) is 62.4 Å². The molecule has 1 aliphatic carbocycles. The molecule has 0 spiro atoms. The number of hydrogen-bond acceptors (Lipinski definition) is 9. The van der Waals surface area contributed by atoms with E-state index in [1.165, 1.54) is 42.9 Å². The van der Waals surface area contributed by atoms with Crippen molar-refractivity contribution in [2.75, 3.05) is 41.5 Å². The number of likely N-dealkylation sites (tertiary alicyclic amines) is 1. The fraction of sp³-hybridized carbons (Fsp3) is 0.540. The number of carbonyl (C=O) groups excluding carboxylic acids is 5. The SMILES string of the molecule is CC[C@H](C)C(C(CC(=O)N1CCC[C@H]1C(OC)[C@@H](C)C(=O)Oc1c(F)c(F)c(F)c(F)c1F)OC)N(C)C(=O)[C@@H](NC(=O)C(C)(C)N(C)C(=O)OCC1c2ccccc2-c2ccccc21)C(C)C. The molecule has 3 aromatic carbocycles. The van der Waals surface area contributed by atoms with Gasteiger partial charge >= 0.3 is 12.1 Å². The minimum atomic E-state index is -2.41. The number of methoxy groups -OCH3 is 2. The first-order valence-corrected chi connectivity index (χ1v) is 22.8. The predicted octanol–water partition coefficient (Wildman–Crippen LogP) is 8.01. The van der Waals surface area contributed by atoms with Gasteiger partial charge in [0.2, 0.25) is 52.6 Å². The van der Waals surface area contributed by atoms with E-state index in [9.17, 15) is 45.9 Å². The van der Waals surface area contributed by atoms with Gasteiger partial charge < -0.3 is 34.1 Å². The summed E-state index contributed by atoms with van der Waals surface area (Å²) in [5.74, 6) is -18.4. The molecule has 18 heteroatoms. The van der Waals surface area contributed by atoms with Crippen molar-refractivity contribution < 1.29 is 64.9 Å². The lowest BCUT2D eigenvalue weighted by Crippen LogP contribution is -2.62. The Labute approximate surface area is 394 Å². The third-order valence-electron chi connectivity index (χ3n) is 13.8. The molecule has 3 aromatic rings. The predicted molar refractivity (Wildman–Crippen MR) is 242 cm³/mol. The van der Waals surface area contributed by atoms with Crippen LogP contribution in [0.1, 0.15) is 91.2 Å². The van der Waals surface area contributed by atoms with Gasteiger partial charge in [-0.3, -0.25) is 24.1 Å². The number of benzene rings is 3. The van der Waals surface area contributed by atoms with Gasteiger partial charge in [0.1, 0.15) is 18.2 Å². The summed E-state index contributed by atoms with van der Waals surface area (Å²) in [6.45, 7) is 12.0. The third kappa shape index (κ3) is 10.7. The maximum absolute atomic E-state index is 14.6. The summed E-state index contributed by atoms with van der Waals surface area (Å²) in [5.41, 5.74) is 2.74. The lowest BCUT2D eigenvalue weighted by molar-refractivity contribution is -0.151. The van der Waals surface area contributed by atoms with Crippen LogP contribution in [0.2, 0.25) is 0 Å². The van der Waals surface area contributed by atoms with Crippen molar-refractivity contribution >= 4 is 29.8 Å². The molecule has 1 saturated heterocycles. The molecule has 2 aliphatic rings. The highest BCUT2D eigenvalue weighted by molar-refractivity contribution is 5.94. The largest absolute Gasteiger partial charge is 0.448 e. The molecule has 0 bridgehead atoms. The van der Waals surface area contributed by atoms with Crippen molar-refractivity contribution in [1.29, 1.82) is 0 Å². The number of likely N-dealkylation sites (N-methyl/N-ethyl adjacent to an activating group) is 2. The number of amides is 4. The van der Waals surface area contributed by atoms with Crippen LogP contribution in [0.4, 0.5) is 26.7 Å². The Morgan fingerprint density at radius 3 is 1.88 bits per heavy atom. The Kier molecular flexibility index (Phi) is 17.4. The van der Waals surface area contributed by atoms with Crippen LogP contribution in [0.3, 0.4) is 0 Å². The zero-order valence-electron chi connectivity index (χ0n) is 40.5. The normalized spacial score (nSPS) is 17.4. The van der Waals surface area contributed by atoms with E-state index < -0.39 is 112 Å². The van der Waals surface area contributed by atoms with E-state index in [4.69, 9.17) is 18.9 Å². The molecule has 1 fully saturated rings. The second kappa shape index (κ2) is 22.2. The number of ether oxygens (including phenoxy) is 4. The topological polar surface area (TPSA) is 144 Å². The summed E-state index contributed by atoms with van der Waals surface area (Å²) in [4.78, 5) is 73.8. The quantitative estimate of drug-likeness (QED) is 0.0416. The van der Waals surface area contributed by atoms with Gasteiger partial charge in [-0.15, -0.1) is 0 Å². The van der Waals surface area contributed by atoms with E-state index >= 15 is 0 Å². The van der Waals surface area contributed by atoms with Crippen LogP contribution >= 0.6 is 0 Å². The van der Waals surface area contributed by atoms with Crippen LogP contribution in [0.25, 0.3) is 11.1 Å². The molecule has 13 nitrogen and oxygen atoms in total. The molecule has 68 heavy (non-hydrogen) atoms. The molecule has 4 amide bonds. The van der Waals surface area contributed by atoms with Crippen LogP contribution in [0.15, 0.2) is 48.5 Å². The van der Waals surface area contributed by atoms with Gasteiger partial charge in [0.05, 0.1) is 36.6 Å². The Morgan fingerprint density at radius 2 is 1.37 bits per heavy atom. The summed E-state index contributed by atoms with van der Waals surface area (Å²) in [5, 5.41) is 2.88. The Hall–Kier alpha value is -5.62. The second-order valence-corrected chi connectivity index (χ2v) is 18.5. The van der Waals surface area contributed by atoms with Crippen LogP contribution < -0.4 is 10.1 Å². The standard InChI is InChI=1S/C50H63F5N4O9/c1-12-27(4)43(35(65-10)24-36(60)59-23-17-22-34(59)44(66-11)28(5)47(62)68-45-40(54)38(52)37(51)39(53)41(45)55)57(8)46(61)42(26(2)3)56-48(63)50(6,7)58(9)49(64)67-25-33-31-20-15-13-18-29(31)30-19-14-16-21-32(30)33/h13-16,18-21,26-28,33-35,42-44H,12,17,22-25H2,1-11H3,(H,56,63)/t27-,28+,34-,35?,42-,43?,44?/m0/s1. The molecule has 5 rings (SSSR count). The lowest BCUT2D eigenvalue weighted by Gasteiger charge is -2.41. The van der Waals surface area contributed by atoms with E-state index in [0.29, 0.717) is 19.3 Å².